The fourth-order valence-corrected chi connectivity index (χ4v) is 2.25. The molecular formula is C15H29BCl2N2O5. The van der Waals surface area contributed by atoms with Crippen molar-refractivity contribution in [3.63, 3.8) is 0 Å². The minimum atomic E-state index is -1.34. The van der Waals surface area contributed by atoms with Gasteiger partial charge in [-0.1, -0.05) is 43.2 Å². The Labute approximate surface area is 161 Å². The van der Waals surface area contributed by atoms with Gasteiger partial charge in [0.15, 0.2) is 0 Å². The minimum Gasteiger partial charge on any atom is -0.480 e. The quantitative estimate of drug-likeness (QED) is 0.272. The number of carbonyl (C=O) groups is 1. The molecule has 1 aromatic rings. The zero-order valence-electron chi connectivity index (χ0n) is 14.1. The van der Waals surface area contributed by atoms with Crippen LogP contribution < -0.4 is 11.1 Å². The first-order chi connectivity index (χ1) is 10.4. The van der Waals surface area contributed by atoms with Crippen molar-refractivity contribution in [3.8, 4) is 0 Å². The molecule has 0 aliphatic rings. The number of halogens is 2. The fraction of sp³-hybridized carbons (Fsp3) is 0.533. The lowest BCUT2D eigenvalue weighted by Crippen LogP contribution is -2.49. The smallest absolute Gasteiger partial charge is 0.451 e. The summed E-state index contributed by atoms with van der Waals surface area (Å²) in [7, 11) is -1.34. The highest BCUT2D eigenvalue weighted by atomic mass is 35.5. The second kappa shape index (κ2) is 15.4. The Hall–Kier alpha value is -0.865. The summed E-state index contributed by atoms with van der Waals surface area (Å²) in [5.41, 5.74) is 5.84. The third-order valence-corrected chi connectivity index (χ3v) is 3.68. The molecule has 0 saturated heterocycles. The van der Waals surface area contributed by atoms with Crippen molar-refractivity contribution >= 4 is 37.9 Å². The molecule has 1 unspecified atom stereocenters. The highest BCUT2D eigenvalue weighted by Crippen LogP contribution is 2.17. The van der Waals surface area contributed by atoms with Crippen LogP contribution >= 0.6 is 24.8 Å². The number of nitrogens with one attached hydrogen (secondary N) is 1. The van der Waals surface area contributed by atoms with Gasteiger partial charge in [-0.25, -0.2) is 0 Å². The maximum atomic E-state index is 11.4. The molecule has 0 heterocycles. The van der Waals surface area contributed by atoms with E-state index in [2.05, 4.69) is 5.32 Å². The van der Waals surface area contributed by atoms with Gasteiger partial charge >= 0.3 is 13.1 Å². The summed E-state index contributed by atoms with van der Waals surface area (Å²) < 4.78 is 0. The molecule has 1 rings (SSSR count). The molecular weight excluding hydrogens is 370 g/mol. The van der Waals surface area contributed by atoms with Gasteiger partial charge in [-0.2, -0.15) is 0 Å². The second-order valence-electron chi connectivity index (χ2n) is 5.60. The van der Waals surface area contributed by atoms with E-state index in [0.717, 1.165) is 5.56 Å². The molecule has 10 heteroatoms. The highest BCUT2D eigenvalue weighted by molar-refractivity contribution is 6.40. The average molecular weight is 399 g/mol. The molecule has 25 heavy (non-hydrogen) atoms. The number of rotatable bonds is 11. The van der Waals surface area contributed by atoms with Crippen molar-refractivity contribution in [2.75, 3.05) is 6.54 Å². The molecule has 0 bridgehead atoms. The van der Waals surface area contributed by atoms with Crippen LogP contribution in [0.25, 0.3) is 0 Å². The normalized spacial score (nSPS) is 12.0. The lowest BCUT2D eigenvalue weighted by atomic mass is 9.81. The van der Waals surface area contributed by atoms with Crippen LogP contribution in [0.15, 0.2) is 30.3 Å². The van der Waals surface area contributed by atoms with E-state index >= 15 is 0 Å². The van der Waals surface area contributed by atoms with Crippen LogP contribution in [0.5, 0.6) is 0 Å². The fourth-order valence-electron chi connectivity index (χ4n) is 2.25. The van der Waals surface area contributed by atoms with Gasteiger partial charge in [-0.3, -0.25) is 4.79 Å². The van der Waals surface area contributed by atoms with Crippen LogP contribution in [0, 0.1) is 0 Å². The number of aliphatic carboxylic acids is 1. The molecule has 0 aliphatic carbocycles. The number of carboxylic acids is 1. The SMILES string of the molecule is Cl.Cl.NC(CCCCB(O)O)(CCNCc1ccccc1)C(=O)O.O. The van der Waals surface area contributed by atoms with E-state index in [1.165, 1.54) is 0 Å². The summed E-state index contributed by atoms with van der Waals surface area (Å²) >= 11 is 0. The first-order valence-electron chi connectivity index (χ1n) is 7.57. The second-order valence-corrected chi connectivity index (χ2v) is 5.60. The van der Waals surface area contributed by atoms with Gasteiger partial charge in [0.1, 0.15) is 5.54 Å². The van der Waals surface area contributed by atoms with E-state index in [9.17, 15) is 9.90 Å². The number of hydrogen-bond acceptors (Lipinski definition) is 5. The third-order valence-electron chi connectivity index (χ3n) is 3.68. The molecule has 0 amide bonds. The molecule has 0 fully saturated rings. The molecule has 1 atom stereocenters. The number of hydrogen-bond donors (Lipinski definition) is 5. The van der Waals surface area contributed by atoms with Crippen molar-refractivity contribution in [2.45, 2.75) is 44.1 Å². The summed E-state index contributed by atoms with van der Waals surface area (Å²) in [4.78, 5) is 11.4. The third kappa shape index (κ3) is 12.2. The lowest BCUT2D eigenvalue weighted by Gasteiger charge is -2.25. The van der Waals surface area contributed by atoms with Crippen molar-refractivity contribution < 1.29 is 25.4 Å². The van der Waals surface area contributed by atoms with Crippen LogP contribution in [0.3, 0.4) is 0 Å². The molecule has 1 aromatic carbocycles. The van der Waals surface area contributed by atoms with Gasteiger partial charge in [0.2, 0.25) is 0 Å². The number of benzene rings is 1. The topological polar surface area (TPSA) is 147 Å². The van der Waals surface area contributed by atoms with E-state index in [-0.39, 0.29) is 36.6 Å². The molecule has 0 aliphatic heterocycles. The molecule has 0 saturated carbocycles. The Morgan fingerprint density at radius 1 is 1.12 bits per heavy atom. The van der Waals surface area contributed by atoms with E-state index in [0.29, 0.717) is 38.8 Å². The molecule has 146 valence electrons. The van der Waals surface area contributed by atoms with E-state index < -0.39 is 18.6 Å². The van der Waals surface area contributed by atoms with E-state index in [4.69, 9.17) is 15.8 Å². The highest BCUT2D eigenvalue weighted by Gasteiger charge is 2.32. The van der Waals surface area contributed by atoms with Gasteiger partial charge in [0, 0.05) is 6.54 Å². The van der Waals surface area contributed by atoms with Crippen LogP contribution in [0.2, 0.25) is 6.32 Å². The molecule has 0 spiro atoms. The first kappa shape index (κ1) is 28.9. The maximum Gasteiger partial charge on any atom is 0.451 e. The zero-order valence-corrected chi connectivity index (χ0v) is 15.7. The summed E-state index contributed by atoms with van der Waals surface area (Å²) in [5, 5.41) is 30.0. The monoisotopic (exact) mass is 398 g/mol. The van der Waals surface area contributed by atoms with Gasteiger partial charge < -0.3 is 31.7 Å². The van der Waals surface area contributed by atoms with Gasteiger partial charge in [0.05, 0.1) is 0 Å². The summed E-state index contributed by atoms with van der Waals surface area (Å²) in [6.07, 6.45) is 1.99. The number of carboxylic acid groups (broad SMARTS) is 1. The minimum absolute atomic E-state index is 0. The summed E-state index contributed by atoms with van der Waals surface area (Å²) in [6.45, 7) is 1.19. The molecule has 0 aromatic heterocycles. The van der Waals surface area contributed by atoms with Crippen molar-refractivity contribution in [3.05, 3.63) is 35.9 Å². The number of nitrogens with two attached hydrogens (primary N) is 1. The Kier molecular flexibility index (Phi) is 17.8. The average Bonchev–Trinajstić information content (AvgIpc) is 2.49. The first-order valence-corrected chi connectivity index (χ1v) is 7.57. The maximum absolute atomic E-state index is 11.4. The predicted molar refractivity (Wildman–Crippen MR) is 104 cm³/mol. The van der Waals surface area contributed by atoms with E-state index in [1.807, 2.05) is 30.3 Å². The van der Waals surface area contributed by atoms with E-state index in [1.54, 1.807) is 0 Å². The molecule has 7 nitrogen and oxygen atoms in total. The molecule has 0 radical (unpaired) electrons. The summed E-state index contributed by atoms with van der Waals surface area (Å²) in [5.74, 6) is -1.02. The van der Waals surface area contributed by atoms with Crippen molar-refractivity contribution in [2.24, 2.45) is 5.73 Å². The molecule has 8 N–H and O–H groups in total. The van der Waals surface area contributed by atoms with Crippen molar-refractivity contribution in [1.82, 2.24) is 5.32 Å². The van der Waals surface area contributed by atoms with Crippen molar-refractivity contribution in [1.29, 1.82) is 0 Å². The largest absolute Gasteiger partial charge is 0.480 e. The Balaban J connectivity index is -0.00000161. The Morgan fingerprint density at radius 3 is 2.24 bits per heavy atom. The standard InChI is InChI=1S/C15H25BN2O4.2ClH.H2O/c17-15(14(19)20,8-4-5-10-16(21)22)9-11-18-12-13-6-2-1-3-7-13;;;/h1-3,6-7,18,21-22H,4-5,8-12,17H2,(H,19,20);2*1H;1H2. The lowest BCUT2D eigenvalue weighted by molar-refractivity contribution is -0.143. The Morgan fingerprint density at radius 2 is 1.72 bits per heavy atom. The van der Waals surface area contributed by atoms with Gasteiger partial charge in [-0.05, 0) is 31.3 Å². The summed E-state index contributed by atoms with van der Waals surface area (Å²) in [6, 6.07) is 9.86. The van der Waals surface area contributed by atoms with Gasteiger partial charge in [-0.15, -0.1) is 24.8 Å². The van der Waals surface area contributed by atoms with Crippen LogP contribution in [0.4, 0.5) is 0 Å². The van der Waals surface area contributed by atoms with Crippen LogP contribution in [-0.4, -0.2) is 45.8 Å². The van der Waals surface area contributed by atoms with Crippen LogP contribution in [0.1, 0.15) is 31.2 Å². The predicted octanol–water partition coefficient (Wildman–Crippen LogP) is 0.610. The number of unbranched alkanes of at least 4 members (excludes halogenated alkanes) is 1. The Bertz CT molecular complexity index is 457. The van der Waals surface area contributed by atoms with Gasteiger partial charge in [0.25, 0.3) is 0 Å². The zero-order chi connectivity index (χ0) is 16.4. The van der Waals surface area contributed by atoms with Crippen LogP contribution in [-0.2, 0) is 11.3 Å².